The average Bonchev–Trinajstić information content (AvgIpc) is 2.49. The summed E-state index contributed by atoms with van der Waals surface area (Å²) in [6, 6.07) is 0. The van der Waals surface area contributed by atoms with Gasteiger partial charge in [-0.3, -0.25) is 4.79 Å². The monoisotopic (exact) mass is 536 g/mol. The minimum atomic E-state index is -0.658. The number of carbonyl (C=O) groups is 1. The van der Waals surface area contributed by atoms with Crippen LogP contribution in [-0.2, 0) is 4.79 Å². The van der Waals surface area contributed by atoms with Crippen molar-refractivity contribution in [1.29, 1.82) is 0 Å². The van der Waals surface area contributed by atoms with Gasteiger partial charge in [-0.1, -0.05) is 116 Å². The molecule has 4 heteroatoms. The van der Waals surface area contributed by atoms with E-state index in [1.807, 2.05) is 0 Å². The quantitative estimate of drug-likeness (QED) is 0.129. The van der Waals surface area contributed by atoms with Gasteiger partial charge in [-0.25, -0.2) is 0 Å². The van der Waals surface area contributed by atoms with Crippen LogP contribution in [0.5, 0.6) is 0 Å². The molecule has 0 unspecified atom stereocenters. The SMILES string of the molecule is CCCCCCCC[C@@H](I)[C@@H](I)CCCCCCCC(=O)O. The molecular weight excluding hydrogens is 502 g/mol. The third-order valence-electron chi connectivity index (χ3n) is 4.10. The first kappa shape index (κ1) is 22.9. The lowest BCUT2D eigenvalue weighted by molar-refractivity contribution is -0.137. The standard InChI is InChI=1S/C18H34I2O2/c1-2-3-4-5-7-10-13-16(19)17(20)14-11-8-6-9-12-15-18(21)22/h16-17H,2-15H2,1H3,(H,21,22)/t16-,17+/m1/s1. The molecule has 0 aromatic rings. The van der Waals surface area contributed by atoms with Crippen molar-refractivity contribution in [2.75, 3.05) is 0 Å². The van der Waals surface area contributed by atoms with E-state index in [0.717, 1.165) is 20.7 Å². The first-order valence-electron chi connectivity index (χ1n) is 9.07. The van der Waals surface area contributed by atoms with Crippen LogP contribution in [0.2, 0.25) is 0 Å². The third-order valence-corrected chi connectivity index (χ3v) is 8.45. The maximum Gasteiger partial charge on any atom is 0.303 e. The molecule has 0 aliphatic carbocycles. The largest absolute Gasteiger partial charge is 0.481 e. The summed E-state index contributed by atoms with van der Waals surface area (Å²) in [6.45, 7) is 2.27. The summed E-state index contributed by atoms with van der Waals surface area (Å²) in [5, 5.41) is 8.58. The molecule has 0 amide bonds. The van der Waals surface area contributed by atoms with Crippen molar-refractivity contribution in [1.82, 2.24) is 0 Å². The van der Waals surface area contributed by atoms with Gasteiger partial charge in [0.15, 0.2) is 0 Å². The van der Waals surface area contributed by atoms with Crippen molar-refractivity contribution < 1.29 is 9.90 Å². The molecule has 0 aliphatic heterocycles. The molecule has 2 nitrogen and oxygen atoms in total. The number of carboxylic acid groups (broad SMARTS) is 1. The van der Waals surface area contributed by atoms with Gasteiger partial charge in [0.1, 0.15) is 0 Å². The Labute approximate surface area is 164 Å². The Balaban J connectivity index is 3.38. The molecule has 2 atom stereocenters. The summed E-state index contributed by atoms with van der Waals surface area (Å²) in [5.41, 5.74) is 0. The predicted octanol–water partition coefficient (Wildman–Crippen LogP) is 7.16. The zero-order valence-electron chi connectivity index (χ0n) is 14.2. The number of aliphatic carboxylic acids is 1. The maximum atomic E-state index is 10.4. The van der Waals surface area contributed by atoms with Crippen LogP contribution in [0.4, 0.5) is 0 Å². The van der Waals surface area contributed by atoms with Crippen LogP contribution in [0.15, 0.2) is 0 Å². The highest BCUT2D eigenvalue weighted by Gasteiger charge is 2.14. The van der Waals surface area contributed by atoms with Crippen LogP contribution < -0.4 is 0 Å². The Hall–Kier alpha value is 0.930. The lowest BCUT2D eigenvalue weighted by atomic mass is 10.0. The number of hydrogen-bond donors (Lipinski definition) is 1. The molecule has 0 rings (SSSR count). The second kappa shape index (κ2) is 16.8. The topological polar surface area (TPSA) is 37.3 Å². The van der Waals surface area contributed by atoms with E-state index in [4.69, 9.17) is 5.11 Å². The van der Waals surface area contributed by atoms with E-state index in [-0.39, 0.29) is 0 Å². The predicted molar refractivity (Wildman–Crippen MR) is 114 cm³/mol. The minimum Gasteiger partial charge on any atom is -0.481 e. The normalized spacial score (nSPS) is 14.0. The number of carboxylic acids is 1. The highest BCUT2D eigenvalue weighted by Crippen LogP contribution is 2.26. The maximum absolute atomic E-state index is 10.4. The smallest absolute Gasteiger partial charge is 0.303 e. The fourth-order valence-corrected chi connectivity index (χ4v) is 4.23. The first-order valence-corrected chi connectivity index (χ1v) is 11.6. The molecule has 0 aliphatic rings. The third kappa shape index (κ3) is 15.8. The summed E-state index contributed by atoms with van der Waals surface area (Å²) >= 11 is 5.28. The van der Waals surface area contributed by atoms with Gasteiger partial charge in [0.25, 0.3) is 0 Å². The lowest BCUT2D eigenvalue weighted by Crippen LogP contribution is -2.13. The summed E-state index contributed by atoms with van der Waals surface area (Å²) in [6.07, 6.45) is 17.1. The van der Waals surface area contributed by atoms with Gasteiger partial charge in [-0.05, 0) is 19.3 Å². The van der Waals surface area contributed by atoms with Crippen LogP contribution in [0.25, 0.3) is 0 Å². The number of hydrogen-bond acceptors (Lipinski definition) is 1. The molecule has 0 aromatic carbocycles. The van der Waals surface area contributed by atoms with Crippen LogP contribution >= 0.6 is 45.2 Å². The first-order chi connectivity index (χ1) is 10.6. The summed E-state index contributed by atoms with van der Waals surface area (Å²) in [7, 11) is 0. The van der Waals surface area contributed by atoms with Gasteiger partial charge in [0.05, 0.1) is 0 Å². The Morgan fingerprint density at radius 2 is 1.18 bits per heavy atom. The molecule has 0 aromatic heterocycles. The van der Waals surface area contributed by atoms with E-state index in [2.05, 4.69) is 52.1 Å². The van der Waals surface area contributed by atoms with Crippen LogP contribution in [0.1, 0.15) is 96.8 Å². The zero-order valence-corrected chi connectivity index (χ0v) is 18.5. The lowest BCUT2D eigenvalue weighted by Gasteiger charge is -2.16. The van der Waals surface area contributed by atoms with E-state index >= 15 is 0 Å². The van der Waals surface area contributed by atoms with E-state index < -0.39 is 5.97 Å². The Morgan fingerprint density at radius 3 is 1.64 bits per heavy atom. The summed E-state index contributed by atoms with van der Waals surface area (Å²) in [4.78, 5) is 10.4. The molecular formula is C18H34I2O2. The Kier molecular flexibility index (Phi) is 17.5. The fraction of sp³-hybridized carbons (Fsp3) is 0.944. The van der Waals surface area contributed by atoms with E-state index in [1.165, 1.54) is 70.6 Å². The number of unbranched alkanes of at least 4 members (excludes halogenated alkanes) is 9. The van der Waals surface area contributed by atoms with Gasteiger partial charge in [0, 0.05) is 14.3 Å². The number of alkyl halides is 2. The molecule has 0 saturated carbocycles. The molecule has 0 spiro atoms. The van der Waals surface area contributed by atoms with E-state index in [9.17, 15) is 4.79 Å². The van der Waals surface area contributed by atoms with Gasteiger partial charge in [0.2, 0.25) is 0 Å². The minimum absolute atomic E-state index is 0.336. The van der Waals surface area contributed by atoms with Crippen molar-refractivity contribution in [2.45, 2.75) is 105 Å². The molecule has 0 radical (unpaired) electrons. The highest BCUT2D eigenvalue weighted by molar-refractivity contribution is 14.1. The molecule has 0 bridgehead atoms. The molecule has 22 heavy (non-hydrogen) atoms. The van der Waals surface area contributed by atoms with Gasteiger partial charge < -0.3 is 5.11 Å². The summed E-state index contributed by atoms with van der Waals surface area (Å²) in [5.74, 6) is -0.658. The van der Waals surface area contributed by atoms with Crippen LogP contribution in [0, 0.1) is 0 Å². The Bertz CT molecular complexity index is 259. The molecule has 0 fully saturated rings. The fourth-order valence-electron chi connectivity index (χ4n) is 2.63. The highest BCUT2D eigenvalue weighted by atomic mass is 127. The van der Waals surface area contributed by atoms with Gasteiger partial charge >= 0.3 is 5.97 Å². The second-order valence-corrected chi connectivity index (χ2v) is 9.49. The summed E-state index contributed by atoms with van der Waals surface area (Å²) < 4.78 is 1.62. The Morgan fingerprint density at radius 1 is 0.773 bits per heavy atom. The molecule has 0 saturated heterocycles. The average molecular weight is 536 g/mol. The molecule has 132 valence electrons. The van der Waals surface area contributed by atoms with Crippen LogP contribution in [-0.4, -0.2) is 18.9 Å². The van der Waals surface area contributed by atoms with Crippen molar-refractivity contribution in [3.63, 3.8) is 0 Å². The van der Waals surface area contributed by atoms with Gasteiger partial charge in [-0.2, -0.15) is 0 Å². The van der Waals surface area contributed by atoms with E-state index in [0.29, 0.717) is 6.42 Å². The number of halogens is 2. The number of rotatable bonds is 16. The van der Waals surface area contributed by atoms with Crippen molar-refractivity contribution in [2.24, 2.45) is 0 Å². The van der Waals surface area contributed by atoms with Crippen molar-refractivity contribution in [3.8, 4) is 0 Å². The van der Waals surface area contributed by atoms with E-state index in [1.54, 1.807) is 0 Å². The molecule has 0 heterocycles. The van der Waals surface area contributed by atoms with Gasteiger partial charge in [-0.15, -0.1) is 0 Å². The zero-order chi connectivity index (χ0) is 16.6. The van der Waals surface area contributed by atoms with Crippen molar-refractivity contribution >= 4 is 51.2 Å². The second-order valence-electron chi connectivity index (χ2n) is 6.29. The molecule has 1 N–H and O–H groups in total. The van der Waals surface area contributed by atoms with Crippen molar-refractivity contribution in [3.05, 3.63) is 0 Å². The van der Waals surface area contributed by atoms with Crippen LogP contribution in [0.3, 0.4) is 0 Å².